The van der Waals surface area contributed by atoms with E-state index < -0.39 is 17.7 Å². The number of hydrogen-bond donors (Lipinski definition) is 1. The van der Waals surface area contributed by atoms with E-state index in [1.807, 2.05) is 0 Å². The van der Waals surface area contributed by atoms with Gasteiger partial charge in [-0.15, -0.1) is 0 Å². The number of ether oxygens (including phenoxy) is 3. The summed E-state index contributed by atoms with van der Waals surface area (Å²) in [5.41, 5.74) is 0.704. The number of anilines is 1. The lowest BCUT2D eigenvalue weighted by molar-refractivity contribution is -0.222. The van der Waals surface area contributed by atoms with E-state index in [0.29, 0.717) is 17.0 Å². The van der Waals surface area contributed by atoms with Crippen LogP contribution in [0.5, 0.6) is 5.75 Å². The van der Waals surface area contributed by atoms with Crippen LogP contribution in [0, 0.1) is 0 Å². The third-order valence-electron chi connectivity index (χ3n) is 3.10. The molecule has 122 valence electrons. The van der Waals surface area contributed by atoms with Gasteiger partial charge >= 0.3 is 11.9 Å². The number of nitrogens with one attached hydrogen (secondary N) is 1. The molecule has 0 amide bonds. The highest BCUT2D eigenvalue weighted by atomic mass is 16.7. The first kappa shape index (κ1) is 16.5. The molecular weight excluding hydrogens is 302 g/mol. The summed E-state index contributed by atoms with van der Waals surface area (Å²) in [7, 11) is 1.45. The van der Waals surface area contributed by atoms with Crippen molar-refractivity contribution in [2.24, 2.45) is 0 Å². The van der Waals surface area contributed by atoms with E-state index in [4.69, 9.17) is 14.2 Å². The van der Waals surface area contributed by atoms with Crippen LogP contribution in [0.2, 0.25) is 0 Å². The fourth-order valence-corrected chi connectivity index (χ4v) is 1.96. The number of methoxy groups -OCH3 is 1. The number of esters is 2. The molecule has 7 heteroatoms. The van der Waals surface area contributed by atoms with Crippen LogP contribution in [-0.2, 0) is 19.1 Å². The zero-order valence-electron chi connectivity index (χ0n) is 13.3. The van der Waals surface area contributed by atoms with Gasteiger partial charge in [0.2, 0.25) is 0 Å². The highest BCUT2D eigenvalue weighted by Gasteiger charge is 2.38. The summed E-state index contributed by atoms with van der Waals surface area (Å²) in [6.45, 7) is 4.38. The minimum atomic E-state index is -1.29. The van der Waals surface area contributed by atoms with Crippen LogP contribution in [0.25, 0.3) is 0 Å². The second kappa shape index (κ2) is 6.12. The molecule has 23 heavy (non-hydrogen) atoms. The zero-order valence-corrected chi connectivity index (χ0v) is 13.3. The lowest BCUT2D eigenvalue weighted by Crippen LogP contribution is -2.42. The maximum absolute atomic E-state index is 11.8. The summed E-state index contributed by atoms with van der Waals surface area (Å²) in [5.74, 6) is -2.55. The van der Waals surface area contributed by atoms with E-state index in [1.165, 1.54) is 34.1 Å². The van der Waals surface area contributed by atoms with Crippen LogP contribution in [0.1, 0.15) is 31.1 Å². The molecule has 7 nitrogen and oxygen atoms in total. The molecule has 0 aromatic heterocycles. The number of ketones is 1. The van der Waals surface area contributed by atoms with Crippen LogP contribution >= 0.6 is 0 Å². The first-order valence-electron chi connectivity index (χ1n) is 6.86. The molecule has 1 aromatic rings. The smallest absolute Gasteiger partial charge is 0.350 e. The Hall–Kier alpha value is -2.83. The SMILES string of the molecule is COc1cc(C(C)=O)ccc1NC=C1C(=O)OC(C)(C)OC1=O. The third-order valence-corrected chi connectivity index (χ3v) is 3.10. The van der Waals surface area contributed by atoms with Gasteiger partial charge in [0.05, 0.1) is 12.8 Å². The number of carbonyl (C=O) groups is 3. The fraction of sp³-hybridized carbons (Fsp3) is 0.312. The maximum Gasteiger partial charge on any atom is 0.350 e. The number of Topliss-reactive ketones (excluding diaryl/α,β-unsaturated/α-hetero) is 1. The molecule has 0 aliphatic carbocycles. The number of hydrogen-bond acceptors (Lipinski definition) is 7. The van der Waals surface area contributed by atoms with Gasteiger partial charge in [-0.2, -0.15) is 0 Å². The predicted octanol–water partition coefficient (Wildman–Crippen LogP) is 2.03. The molecule has 0 radical (unpaired) electrons. The van der Waals surface area contributed by atoms with Gasteiger partial charge in [-0.25, -0.2) is 9.59 Å². The Morgan fingerprint density at radius 3 is 2.35 bits per heavy atom. The summed E-state index contributed by atoms with van der Waals surface area (Å²) < 4.78 is 15.2. The number of carbonyl (C=O) groups excluding carboxylic acids is 3. The summed E-state index contributed by atoms with van der Waals surface area (Å²) in [6, 6.07) is 4.77. The molecule has 0 atom stereocenters. The van der Waals surface area contributed by atoms with Crippen molar-refractivity contribution in [3.63, 3.8) is 0 Å². The van der Waals surface area contributed by atoms with Crippen molar-refractivity contribution < 1.29 is 28.6 Å². The van der Waals surface area contributed by atoms with E-state index in [-0.39, 0.29) is 11.4 Å². The molecule has 1 N–H and O–H groups in total. The van der Waals surface area contributed by atoms with Crippen molar-refractivity contribution in [2.45, 2.75) is 26.6 Å². The maximum atomic E-state index is 11.8. The second-order valence-corrected chi connectivity index (χ2v) is 5.35. The minimum Gasteiger partial charge on any atom is -0.495 e. The van der Waals surface area contributed by atoms with Crippen molar-refractivity contribution in [3.05, 3.63) is 35.5 Å². The molecule has 1 saturated heterocycles. The molecule has 1 fully saturated rings. The first-order chi connectivity index (χ1) is 10.7. The van der Waals surface area contributed by atoms with Crippen LogP contribution in [0.3, 0.4) is 0 Å². The molecule has 1 aromatic carbocycles. The number of rotatable bonds is 4. The third kappa shape index (κ3) is 3.68. The number of benzene rings is 1. The van der Waals surface area contributed by atoms with E-state index in [9.17, 15) is 14.4 Å². The molecule has 0 unspecified atom stereocenters. The molecular formula is C16H17NO6. The summed E-state index contributed by atoms with van der Waals surface area (Å²) in [5, 5.41) is 2.79. The van der Waals surface area contributed by atoms with Gasteiger partial charge in [0.25, 0.3) is 5.79 Å². The standard InChI is InChI=1S/C16H17NO6/c1-9(18)10-5-6-12(13(7-10)21-4)17-8-11-14(19)22-16(2,3)23-15(11)20/h5-8,17H,1-4H3. The highest BCUT2D eigenvalue weighted by Crippen LogP contribution is 2.27. The predicted molar refractivity (Wildman–Crippen MR) is 81.0 cm³/mol. The molecule has 0 saturated carbocycles. The lowest BCUT2D eigenvalue weighted by atomic mass is 10.1. The minimum absolute atomic E-state index is 0.102. The lowest BCUT2D eigenvalue weighted by Gasteiger charge is -2.29. The van der Waals surface area contributed by atoms with Crippen molar-refractivity contribution in [3.8, 4) is 5.75 Å². The van der Waals surface area contributed by atoms with Crippen LogP contribution < -0.4 is 10.1 Å². The van der Waals surface area contributed by atoms with Crippen molar-refractivity contribution >= 4 is 23.4 Å². The Morgan fingerprint density at radius 1 is 1.22 bits per heavy atom. The summed E-state index contributed by atoms with van der Waals surface area (Å²) in [4.78, 5) is 35.0. The highest BCUT2D eigenvalue weighted by molar-refractivity contribution is 6.15. The van der Waals surface area contributed by atoms with E-state index in [2.05, 4.69) is 5.32 Å². The first-order valence-corrected chi connectivity index (χ1v) is 6.86. The van der Waals surface area contributed by atoms with Gasteiger partial charge in [-0.05, 0) is 25.1 Å². The monoisotopic (exact) mass is 319 g/mol. The Labute approximate surface area is 133 Å². The molecule has 2 rings (SSSR count). The van der Waals surface area contributed by atoms with Gasteiger partial charge in [-0.1, -0.05) is 0 Å². The zero-order chi connectivity index (χ0) is 17.2. The Morgan fingerprint density at radius 2 is 1.83 bits per heavy atom. The van der Waals surface area contributed by atoms with E-state index in [1.54, 1.807) is 18.2 Å². The van der Waals surface area contributed by atoms with Gasteiger partial charge in [0.15, 0.2) is 11.4 Å². The molecule has 1 heterocycles. The Bertz CT molecular complexity index is 683. The van der Waals surface area contributed by atoms with Crippen LogP contribution in [0.4, 0.5) is 5.69 Å². The molecule has 0 bridgehead atoms. The largest absolute Gasteiger partial charge is 0.495 e. The average molecular weight is 319 g/mol. The summed E-state index contributed by atoms with van der Waals surface area (Å²) >= 11 is 0. The average Bonchev–Trinajstić information content (AvgIpc) is 2.45. The van der Waals surface area contributed by atoms with Crippen molar-refractivity contribution in [1.29, 1.82) is 0 Å². The summed E-state index contributed by atoms with van der Waals surface area (Å²) in [6.07, 6.45) is 1.19. The van der Waals surface area contributed by atoms with Crippen LogP contribution in [-0.4, -0.2) is 30.6 Å². The Kier molecular flexibility index (Phi) is 4.40. The van der Waals surface area contributed by atoms with Crippen LogP contribution in [0.15, 0.2) is 30.0 Å². The molecule has 1 aliphatic heterocycles. The molecule has 0 spiro atoms. The Balaban J connectivity index is 2.24. The van der Waals surface area contributed by atoms with Gasteiger partial charge in [0, 0.05) is 25.6 Å². The molecule has 1 aliphatic rings. The van der Waals surface area contributed by atoms with Gasteiger partial charge in [0.1, 0.15) is 5.75 Å². The normalized spacial score (nSPS) is 16.3. The van der Waals surface area contributed by atoms with Gasteiger partial charge < -0.3 is 19.5 Å². The van der Waals surface area contributed by atoms with E-state index >= 15 is 0 Å². The topological polar surface area (TPSA) is 90.9 Å². The van der Waals surface area contributed by atoms with E-state index in [0.717, 1.165) is 0 Å². The quantitative estimate of drug-likeness (QED) is 0.393. The fourth-order valence-electron chi connectivity index (χ4n) is 1.96. The second-order valence-electron chi connectivity index (χ2n) is 5.35. The van der Waals surface area contributed by atoms with Gasteiger partial charge in [-0.3, -0.25) is 4.79 Å². The van der Waals surface area contributed by atoms with Crippen molar-refractivity contribution in [1.82, 2.24) is 0 Å². The number of cyclic esters (lactones) is 2. The van der Waals surface area contributed by atoms with Crippen molar-refractivity contribution in [2.75, 3.05) is 12.4 Å².